The van der Waals surface area contributed by atoms with E-state index in [0.29, 0.717) is 5.56 Å². The molecule has 4 nitrogen and oxygen atoms in total. The molecule has 0 N–H and O–H groups in total. The zero-order chi connectivity index (χ0) is 14.7. The minimum Gasteiger partial charge on any atom is -0.378 e. The Morgan fingerprint density at radius 1 is 1.32 bits per heavy atom. The first-order valence-corrected chi connectivity index (χ1v) is 5.95. The van der Waals surface area contributed by atoms with Gasteiger partial charge in [-0.15, -0.1) is 0 Å². The fourth-order valence-corrected chi connectivity index (χ4v) is 1.91. The summed E-state index contributed by atoms with van der Waals surface area (Å²) >= 11 is 0. The smallest absolute Gasteiger partial charge is 0.223 e. The zero-order valence-electron chi connectivity index (χ0n) is 12.1. The molecule has 0 saturated carbocycles. The predicted molar refractivity (Wildman–Crippen MR) is 77.7 cm³/mol. The van der Waals surface area contributed by atoms with Crippen LogP contribution in [0.3, 0.4) is 0 Å². The van der Waals surface area contributed by atoms with Gasteiger partial charge in [-0.1, -0.05) is 6.58 Å². The molecule has 1 aromatic carbocycles. The van der Waals surface area contributed by atoms with E-state index in [-0.39, 0.29) is 5.91 Å². The molecule has 1 aromatic rings. The van der Waals surface area contributed by atoms with E-state index in [4.69, 9.17) is 5.26 Å². The quantitative estimate of drug-likeness (QED) is 0.835. The van der Waals surface area contributed by atoms with E-state index < -0.39 is 0 Å². The van der Waals surface area contributed by atoms with Crippen LogP contribution in [-0.4, -0.2) is 32.0 Å². The lowest BCUT2D eigenvalue weighted by atomic mass is 10.0. The minimum absolute atomic E-state index is 0.0550. The number of carbonyl (C=O) groups excluding carboxylic acids is 1. The molecular formula is C15H19N3O. The van der Waals surface area contributed by atoms with Crippen LogP contribution in [0.25, 0.3) is 5.70 Å². The van der Waals surface area contributed by atoms with Crippen molar-refractivity contribution in [1.82, 2.24) is 4.90 Å². The second-order valence-electron chi connectivity index (χ2n) is 4.72. The number of hydrogen-bond donors (Lipinski definition) is 0. The standard InChI is InChI=1S/C15H19N3O/c1-10-7-13(9-16)8-14(11(2)17(4)5)15(10)18(6)12(3)19/h7-8H,2H2,1,3-6H3. The minimum atomic E-state index is -0.0550. The maximum absolute atomic E-state index is 11.6. The summed E-state index contributed by atoms with van der Waals surface area (Å²) in [4.78, 5) is 15.1. The van der Waals surface area contributed by atoms with Crippen molar-refractivity contribution < 1.29 is 4.79 Å². The number of nitriles is 1. The fraction of sp³-hybridized carbons (Fsp3) is 0.333. The summed E-state index contributed by atoms with van der Waals surface area (Å²) < 4.78 is 0. The molecule has 0 spiro atoms. The van der Waals surface area contributed by atoms with E-state index in [2.05, 4.69) is 12.6 Å². The van der Waals surface area contributed by atoms with Crippen molar-refractivity contribution in [3.63, 3.8) is 0 Å². The molecule has 0 aliphatic heterocycles. The van der Waals surface area contributed by atoms with Crippen molar-refractivity contribution in [3.05, 3.63) is 35.4 Å². The van der Waals surface area contributed by atoms with Gasteiger partial charge in [0.1, 0.15) is 0 Å². The third kappa shape index (κ3) is 2.94. The molecule has 0 aliphatic rings. The van der Waals surface area contributed by atoms with Gasteiger partial charge in [-0.2, -0.15) is 5.26 Å². The summed E-state index contributed by atoms with van der Waals surface area (Å²) in [6, 6.07) is 5.68. The average Bonchev–Trinajstić information content (AvgIpc) is 2.35. The molecule has 4 heteroatoms. The number of benzene rings is 1. The van der Waals surface area contributed by atoms with E-state index in [0.717, 1.165) is 22.5 Å². The lowest BCUT2D eigenvalue weighted by Crippen LogP contribution is -2.26. The van der Waals surface area contributed by atoms with Crippen LogP contribution in [0.5, 0.6) is 0 Å². The summed E-state index contributed by atoms with van der Waals surface area (Å²) in [5, 5.41) is 9.07. The Morgan fingerprint density at radius 3 is 2.32 bits per heavy atom. The SMILES string of the molecule is C=C(c1cc(C#N)cc(C)c1N(C)C(C)=O)N(C)C. The third-order valence-electron chi connectivity index (χ3n) is 3.09. The van der Waals surface area contributed by atoms with Gasteiger partial charge in [0, 0.05) is 39.3 Å². The summed E-state index contributed by atoms with van der Waals surface area (Å²) in [7, 11) is 5.49. The van der Waals surface area contributed by atoms with E-state index >= 15 is 0 Å². The lowest BCUT2D eigenvalue weighted by molar-refractivity contribution is -0.116. The number of hydrogen-bond acceptors (Lipinski definition) is 3. The number of nitrogens with zero attached hydrogens (tertiary/aromatic N) is 3. The molecule has 0 aliphatic carbocycles. The van der Waals surface area contributed by atoms with Gasteiger partial charge in [-0.3, -0.25) is 4.79 Å². The van der Waals surface area contributed by atoms with Crippen molar-refractivity contribution >= 4 is 17.3 Å². The highest BCUT2D eigenvalue weighted by Gasteiger charge is 2.18. The maximum Gasteiger partial charge on any atom is 0.223 e. The van der Waals surface area contributed by atoms with Crippen molar-refractivity contribution in [2.45, 2.75) is 13.8 Å². The zero-order valence-corrected chi connectivity index (χ0v) is 12.1. The molecule has 0 bridgehead atoms. The monoisotopic (exact) mass is 257 g/mol. The Morgan fingerprint density at radius 2 is 1.89 bits per heavy atom. The van der Waals surface area contributed by atoms with Crippen LogP contribution in [0.1, 0.15) is 23.6 Å². The molecule has 1 amide bonds. The highest BCUT2D eigenvalue weighted by Crippen LogP contribution is 2.31. The fourth-order valence-electron chi connectivity index (χ4n) is 1.91. The number of aryl methyl sites for hydroxylation is 1. The molecular weight excluding hydrogens is 238 g/mol. The molecule has 0 unspecified atom stereocenters. The third-order valence-corrected chi connectivity index (χ3v) is 3.09. The Bertz CT molecular complexity index is 567. The molecule has 0 radical (unpaired) electrons. The summed E-state index contributed by atoms with van der Waals surface area (Å²) in [6.45, 7) is 7.43. The average molecular weight is 257 g/mol. The number of anilines is 1. The van der Waals surface area contributed by atoms with Crippen LogP contribution in [0.4, 0.5) is 5.69 Å². The van der Waals surface area contributed by atoms with E-state index in [1.165, 1.54) is 6.92 Å². The molecule has 100 valence electrons. The van der Waals surface area contributed by atoms with Crippen LogP contribution in [0.15, 0.2) is 18.7 Å². The Kier molecular flexibility index (Phi) is 4.34. The van der Waals surface area contributed by atoms with Gasteiger partial charge in [0.25, 0.3) is 0 Å². The summed E-state index contributed by atoms with van der Waals surface area (Å²) in [6.07, 6.45) is 0. The van der Waals surface area contributed by atoms with Crippen molar-refractivity contribution in [3.8, 4) is 6.07 Å². The Hall–Kier alpha value is -2.28. The highest BCUT2D eigenvalue weighted by molar-refractivity contribution is 5.95. The Labute approximate surface area is 114 Å². The largest absolute Gasteiger partial charge is 0.378 e. The first-order valence-electron chi connectivity index (χ1n) is 5.95. The van der Waals surface area contributed by atoms with Crippen molar-refractivity contribution in [2.24, 2.45) is 0 Å². The first-order chi connectivity index (χ1) is 8.79. The van der Waals surface area contributed by atoms with E-state index in [1.54, 1.807) is 24.1 Å². The van der Waals surface area contributed by atoms with Gasteiger partial charge in [0.05, 0.1) is 17.3 Å². The van der Waals surface area contributed by atoms with Gasteiger partial charge < -0.3 is 9.80 Å². The van der Waals surface area contributed by atoms with Crippen LogP contribution in [0, 0.1) is 18.3 Å². The van der Waals surface area contributed by atoms with Gasteiger partial charge in [0.15, 0.2) is 0 Å². The van der Waals surface area contributed by atoms with E-state index in [1.807, 2.05) is 25.9 Å². The topological polar surface area (TPSA) is 47.3 Å². The number of carbonyl (C=O) groups is 1. The van der Waals surface area contributed by atoms with Crippen LogP contribution >= 0.6 is 0 Å². The molecule has 0 aromatic heterocycles. The van der Waals surface area contributed by atoms with Crippen LogP contribution in [0.2, 0.25) is 0 Å². The molecule has 0 heterocycles. The molecule has 0 fully saturated rings. The van der Waals surface area contributed by atoms with Crippen LogP contribution < -0.4 is 4.90 Å². The number of amides is 1. The van der Waals surface area contributed by atoms with Gasteiger partial charge in [-0.05, 0) is 24.6 Å². The molecule has 1 rings (SSSR count). The normalized spacial score (nSPS) is 9.68. The van der Waals surface area contributed by atoms with Gasteiger partial charge in [-0.25, -0.2) is 0 Å². The second kappa shape index (κ2) is 5.57. The van der Waals surface area contributed by atoms with Crippen molar-refractivity contribution in [1.29, 1.82) is 5.26 Å². The second-order valence-corrected chi connectivity index (χ2v) is 4.72. The Balaban J connectivity index is 3.56. The van der Waals surface area contributed by atoms with Crippen LogP contribution in [-0.2, 0) is 4.79 Å². The molecule has 0 atom stereocenters. The molecule has 19 heavy (non-hydrogen) atoms. The predicted octanol–water partition coefficient (Wildman–Crippen LogP) is 2.38. The van der Waals surface area contributed by atoms with E-state index in [9.17, 15) is 4.79 Å². The van der Waals surface area contributed by atoms with Gasteiger partial charge in [0.2, 0.25) is 5.91 Å². The maximum atomic E-state index is 11.6. The molecule has 0 saturated heterocycles. The lowest BCUT2D eigenvalue weighted by Gasteiger charge is -2.25. The first kappa shape index (κ1) is 14.8. The highest BCUT2D eigenvalue weighted by atomic mass is 16.2. The summed E-state index contributed by atoms with van der Waals surface area (Å²) in [5.74, 6) is -0.0550. The van der Waals surface area contributed by atoms with Gasteiger partial charge >= 0.3 is 0 Å². The summed E-state index contributed by atoms with van der Waals surface area (Å²) in [5.41, 5.74) is 3.82. The van der Waals surface area contributed by atoms with Crippen molar-refractivity contribution in [2.75, 3.05) is 26.0 Å². The number of rotatable bonds is 3.